The Morgan fingerprint density at radius 3 is 2.75 bits per heavy atom. The molecule has 0 unspecified atom stereocenters. The first kappa shape index (κ1) is 11.1. The second kappa shape index (κ2) is 5.11. The fraction of sp³-hybridized carbons (Fsp3) is 0.0909. The van der Waals surface area contributed by atoms with Crippen molar-refractivity contribution in [1.82, 2.24) is 4.98 Å². The van der Waals surface area contributed by atoms with Gasteiger partial charge in [0.25, 0.3) is 9.58 Å². The third-order valence-corrected chi connectivity index (χ3v) is 2.72. The highest BCUT2D eigenvalue weighted by atomic mass is 127. The molecule has 1 aromatic heterocycles. The van der Waals surface area contributed by atoms with Crippen LogP contribution in [0.2, 0.25) is 0 Å². The molecule has 0 saturated heterocycles. The Hall–Kier alpha value is -1.37. The Bertz CT molecular complexity index is 477. The quantitative estimate of drug-likeness (QED) is 0.491. The van der Waals surface area contributed by atoms with Gasteiger partial charge in [-0.05, 0) is 5.56 Å². The lowest BCUT2D eigenvalue weighted by Gasteiger charge is -2.05. The normalized spacial score (nSPS) is 10.1. The van der Waals surface area contributed by atoms with Crippen LogP contribution in [-0.2, 0) is 6.61 Å². The van der Waals surface area contributed by atoms with E-state index in [9.17, 15) is 5.21 Å². The van der Waals surface area contributed by atoms with Crippen molar-refractivity contribution in [2.45, 2.75) is 6.61 Å². The molecule has 2 aromatic rings. The van der Waals surface area contributed by atoms with Crippen LogP contribution in [0.3, 0.4) is 0 Å². The van der Waals surface area contributed by atoms with Crippen molar-refractivity contribution in [3.8, 4) is 5.88 Å². The summed E-state index contributed by atoms with van der Waals surface area (Å²) in [5.74, 6) is 0.333. The maximum Gasteiger partial charge on any atom is 0.281 e. The highest BCUT2D eigenvalue weighted by molar-refractivity contribution is 14.1. The lowest BCUT2D eigenvalue weighted by Crippen LogP contribution is -2.30. The summed E-state index contributed by atoms with van der Waals surface area (Å²) >= 11 is 1.91. The number of halogens is 1. The minimum atomic E-state index is 0.333. The zero-order valence-corrected chi connectivity index (χ0v) is 10.5. The van der Waals surface area contributed by atoms with Gasteiger partial charge in [-0.3, -0.25) is 0 Å². The molecule has 0 aliphatic carbocycles. The van der Waals surface area contributed by atoms with Crippen LogP contribution in [0.15, 0.2) is 42.7 Å². The first-order chi connectivity index (χ1) is 7.75. The van der Waals surface area contributed by atoms with Gasteiger partial charge in [0.1, 0.15) is 12.8 Å². The zero-order valence-electron chi connectivity index (χ0n) is 8.34. The van der Waals surface area contributed by atoms with E-state index in [1.165, 1.54) is 12.4 Å². The van der Waals surface area contributed by atoms with Crippen LogP contribution < -0.4 is 9.47 Å². The van der Waals surface area contributed by atoms with Gasteiger partial charge < -0.3 is 9.94 Å². The van der Waals surface area contributed by atoms with E-state index in [-0.39, 0.29) is 0 Å². The average Bonchev–Trinajstić information content (AvgIpc) is 2.32. The predicted octanol–water partition coefficient (Wildman–Crippen LogP) is 1.90. The SMILES string of the molecule is [O-][n+]1cc(OCc2ccccc2)ncc1I. The smallest absolute Gasteiger partial charge is 0.281 e. The molecule has 5 heteroatoms. The van der Waals surface area contributed by atoms with Gasteiger partial charge in [-0.25, -0.2) is 4.98 Å². The fourth-order valence-electron chi connectivity index (χ4n) is 1.18. The summed E-state index contributed by atoms with van der Waals surface area (Å²) in [6, 6.07) is 9.73. The summed E-state index contributed by atoms with van der Waals surface area (Å²) < 4.78 is 6.64. The molecule has 1 aromatic carbocycles. The zero-order chi connectivity index (χ0) is 11.4. The first-order valence-electron chi connectivity index (χ1n) is 4.67. The van der Waals surface area contributed by atoms with Gasteiger partial charge in [0, 0.05) is 22.6 Å². The van der Waals surface area contributed by atoms with E-state index in [0.717, 1.165) is 10.3 Å². The van der Waals surface area contributed by atoms with Crippen LogP contribution in [0.1, 0.15) is 5.56 Å². The molecule has 0 bridgehead atoms. The Morgan fingerprint density at radius 1 is 1.31 bits per heavy atom. The van der Waals surface area contributed by atoms with E-state index < -0.39 is 0 Å². The molecule has 0 amide bonds. The monoisotopic (exact) mass is 328 g/mol. The number of benzene rings is 1. The third kappa shape index (κ3) is 2.82. The summed E-state index contributed by atoms with van der Waals surface area (Å²) in [6.45, 7) is 0.411. The van der Waals surface area contributed by atoms with Gasteiger partial charge >= 0.3 is 0 Å². The second-order valence-corrected chi connectivity index (χ2v) is 4.25. The Morgan fingerprint density at radius 2 is 2.06 bits per heavy atom. The van der Waals surface area contributed by atoms with Crippen molar-refractivity contribution in [2.24, 2.45) is 0 Å². The molecule has 0 atom stereocenters. The van der Waals surface area contributed by atoms with Crippen molar-refractivity contribution in [3.05, 3.63) is 57.2 Å². The minimum absolute atomic E-state index is 0.333. The number of hydrogen-bond acceptors (Lipinski definition) is 3. The number of aromatic nitrogens is 2. The Labute approximate surface area is 107 Å². The lowest BCUT2D eigenvalue weighted by molar-refractivity contribution is -0.620. The highest BCUT2D eigenvalue weighted by Crippen LogP contribution is 2.07. The second-order valence-electron chi connectivity index (χ2n) is 3.15. The molecule has 0 spiro atoms. The van der Waals surface area contributed by atoms with Crippen LogP contribution in [0.5, 0.6) is 5.88 Å². The number of ether oxygens (including phenoxy) is 1. The molecule has 0 saturated carbocycles. The molecular weight excluding hydrogens is 319 g/mol. The fourth-order valence-corrected chi connectivity index (χ4v) is 1.45. The van der Waals surface area contributed by atoms with E-state index in [1.807, 2.05) is 52.9 Å². The molecule has 16 heavy (non-hydrogen) atoms. The largest absolute Gasteiger partial charge is 0.618 e. The molecule has 4 nitrogen and oxygen atoms in total. The molecule has 0 N–H and O–H groups in total. The van der Waals surface area contributed by atoms with Crippen LogP contribution in [0.4, 0.5) is 0 Å². The van der Waals surface area contributed by atoms with Crippen LogP contribution >= 0.6 is 22.6 Å². The van der Waals surface area contributed by atoms with E-state index in [1.54, 1.807) is 0 Å². The molecule has 82 valence electrons. The van der Waals surface area contributed by atoms with Gasteiger partial charge in [0.15, 0.2) is 0 Å². The molecule has 0 fully saturated rings. The maximum absolute atomic E-state index is 11.2. The van der Waals surface area contributed by atoms with Crippen LogP contribution in [0.25, 0.3) is 0 Å². The van der Waals surface area contributed by atoms with Gasteiger partial charge in [-0.15, -0.1) is 0 Å². The molecule has 0 radical (unpaired) electrons. The van der Waals surface area contributed by atoms with Gasteiger partial charge in [-0.1, -0.05) is 30.3 Å². The van der Waals surface area contributed by atoms with Crippen LogP contribution in [-0.4, -0.2) is 4.98 Å². The first-order valence-corrected chi connectivity index (χ1v) is 5.75. The molecule has 1 heterocycles. The van der Waals surface area contributed by atoms with Gasteiger partial charge in [0.2, 0.25) is 6.20 Å². The van der Waals surface area contributed by atoms with Crippen molar-refractivity contribution < 1.29 is 9.47 Å². The van der Waals surface area contributed by atoms with Gasteiger partial charge in [0.05, 0.1) is 0 Å². The lowest BCUT2D eigenvalue weighted by atomic mass is 10.2. The Kier molecular flexibility index (Phi) is 3.55. The number of hydrogen-bond donors (Lipinski definition) is 0. The van der Waals surface area contributed by atoms with Gasteiger partial charge in [-0.2, -0.15) is 4.73 Å². The summed E-state index contributed by atoms with van der Waals surface area (Å²) in [5, 5.41) is 11.2. The standard InChI is InChI=1S/C11H9IN2O2/c12-10-6-13-11(7-14(10)15)16-8-9-4-2-1-3-5-9/h1-7H,8H2. The predicted molar refractivity (Wildman–Crippen MR) is 66.7 cm³/mol. The maximum atomic E-state index is 11.2. The van der Waals surface area contributed by atoms with Crippen LogP contribution in [0, 0.1) is 8.91 Å². The minimum Gasteiger partial charge on any atom is -0.618 e. The van der Waals surface area contributed by atoms with E-state index in [4.69, 9.17) is 4.74 Å². The highest BCUT2D eigenvalue weighted by Gasteiger charge is 2.05. The average molecular weight is 328 g/mol. The molecular formula is C11H9IN2O2. The van der Waals surface area contributed by atoms with E-state index in [2.05, 4.69) is 4.98 Å². The van der Waals surface area contributed by atoms with Crippen molar-refractivity contribution >= 4 is 22.6 Å². The van der Waals surface area contributed by atoms with E-state index in [0.29, 0.717) is 16.2 Å². The summed E-state index contributed by atoms with van der Waals surface area (Å²) in [6.07, 6.45) is 2.80. The van der Waals surface area contributed by atoms with E-state index >= 15 is 0 Å². The van der Waals surface area contributed by atoms with Crippen molar-refractivity contribution in [3.63, 3.8) is 0 Å². The summed E-state index contributed by atoms with van der Waals surface area (Å²) in [5.41, 5.74) is 1.04. The molecule has 2 rings (SSSR count). The summed E-state index contributed by atoms with van der Waals surface area (Å²) in [7, 11) is 0. The Balaban J connectivity index is 2.03. The molecule has 0 aliphatic rings. The number of nitrogens with zero attached hydrogens (tertiary/aromatic N) is 2. The topological polar surface area (TPSA) is 49.1 Å². The molecule has 0 aliphatic heterocycles. The van der Waals surface area contributed by atoms with Crippen molar-refractivity contribution in [1.29, 1.82) is 0 Å². The summed E-state index contributed by atoms with van der Waals surface area (Å²) in [4.78, 5) is 4.00. The van der Waals surface area contributed by atoms with Crippen molar-refractivity contribution in [2.75, 3.05) is 0 Å². The number of rotatable bonds is 3. The third-order valence-electron chi connectivity index (χ3n) is 1.97.